The molecule has 6 heteroatoms. The van der Waals surface area contributed by atoms with Gasteiger partial charge in [0.1, 0.15) is 5.69 Å². The Kier molecular flexibility index (Phi) is 2.86. The normalized spacial score (nSPS) is 10.5. The predicted molar refractivity (Wildman–Crippen MR) is 64.3 cm³/mol. The van der Waals surface area contributed by atoms with Crippen molar-refractivity contribution < 1.29 is 4.79 Å². The summed E-state index contributed by atoms with van der Waals surface area (Å²) in [6.45, 7) is 2.37. The van der Waals surface area contributed by atoms with Crippen LogP contribution in [0.5, 0.6) is 0 Å². The van der Waals surface area contributed by atoms with Crippen molar-refractivity contribution in [3.8, 4) is 0 Å². The molecule has 4 N–H and O–H groups in total. The van der Waals surface area contributed by atoms with Gasteiger partial charge in [-0.05, 0) is 13.0 Å². The zero-order chi connectivity index (χ0) is 12.4. The Morgan fingerprint density at radius 3 is 2.94 bits per heavy atom. The molecule has 0 saturated heterocycles. The molecule has 0 unspecified atom stereocenters. The largest absolute Gasteiger partial charge is 0.397 e. The summed E-state index contributed by atoms with van der Waals surface area (Å²) in [5, 5.41) is 7.01. The van der Waals surface area contributed by atoms with Crippen LogP contribution in [0.4, 0.5) is 5.69 Å². The lowest BCUT2D eigenvalue weighted by Crippen LogP contribution is -2.23. The predicted octanol–water partition coefficient (Wildman–Crippen LogP) is 0.569. The monoisotopic (exact) mass is 233 g/mol. The third-order valence-electron chi connectivity index (χ3n) is 2.50. The van der Waals surface area contributed by atoms with Gasteiger partial charge in [-0.3, -0.25) is 9.48 Å². The number of anilines is 1. The molecular weight excluding hydrogens is 218 g/mol. The SMILES string of the molecule is Cc1nn(C)cc1CNC(=O)c1cc(N)c[nH]1. The first-order chi connectivity index (χ1) is 8.06. The van der Waals surface area contributed by atoms with Gasteiger partial charge in [-0.25, -0.2) is 0 Å². The van der Waals surface area contributed by atoms with Gasteiger partial charge in [0.05, 0.1) is 5.69 Å². The van der Waals surface area contributed by atoms with Crippen LogP contribution < -0.4 is 11.1 Å². The van der Waals surface area contributed by atoms with Gasteiger partial charge in [-0.2, -0.15) is 5.10 Å². The molecule has 6 nitrogen and oxygen atoms in total. The molecule has 0 aliphatic carbocycles. The summed E-state index contributed by atoms with van der Waals surface area (Å²) < 4.78 is 1.73. The summed E-state index contributed by atoms with van der Waals surface area (Å²) in [6, 6.07) is 1.60. The zero-order valence-corrected chi connectivity index (χ0v) is 9.82. The Morgan fingerprint density at radius 1 is 1.65 bits per heavy atom. The molecule has 0 saturated carbocycles. The van der Waals surface area contributed by atoms with Crippen molar-refractivity contribution in [2.75, 3.05) is 5.73 Å². The number of hydrogen-bond acceptors (Lipinski definition) is 3. The molecule has 0 aliphatic rings. The quantitative estimate of drug-likeness (QED) is 0.724. The number of amides is 1. The lowest BCUT2D eigenvalue weighted by atomic mass is 10.2. The topological polar surface area (TPSA) is 88.7 Å². The number of nitrogen functional groups attached to an aromatic ring is 1. The number of aryl methyl sites for hydroxylation is 2. The Bertz CT molecular complexity index is 540. The van der Waals surface area contributed by atoms with E-state index in [9.17, 15) is 4.79 Å². The highest BCUT2D eigenvalue weighted by atomic mass is 16.1. The molecule has 0 bridgehead atoms. The Balaban J connectivity index is 1.99. The van der Waals surface area contributed by atoms with Gasteiger partial charge in [0.2, 0.25) is 0 Å². The Hall–Kier alpha value is -2.24. The number of H-pyrrole nitrogens is 1. The summed E-state index contributed by atoms with van der Waals surface area (Å²) in [5.74, 6) is -0.176. The molecule has 0 spiro atoms. The van der Waals surface area contributed by atoms with Gasteiger partial charge in [0.25, 0.3) is 5.91 Å². The summed E-state index contributed by atoms with van der Waals surface area (Å²) in [4.78, 5) is 14.5. The molecule has 0 radical (unpaired) electrons. The standard InChI is InChI=1S/C11H15N5O/c1-7-8(6-16(2)15-7)4-14-11(17)10-3-9(12)5-13-10/h3,5-6,13H,4,12H2,1-2H3,(H,14,17). The number of nitrogens with two attached hydrogens (primary N) is 1. The van der Waals surface area contributed by atoms with E-state index in [-0.39, 0.29) is 5.91 Å². The van der Waals surface area contributed by atoms with Crippen LogP contribution >= 0.6 is 0 Å². The molecule has 2 rings (SSSR count). The molecule has 2 aromatic heterocycles. The number of nitrogens with one attached hydrogen (secondary N) is 2. The third-order valence-corrected chi connectivity index (χ3v) is 2.50. The van der Waals surface area contributed by atoms with Crippen molar-refractivity contribution in [3.63, 3.8) is 0 Å². The van der Waals surface area contributed by atoms with E-state index >= 15 is 0 Å². The number of nitrogens with zero attached hydrogens (tertiary/aromatic N) is 2. The smallest absolute Gasteiger partial charge is 0.268 e. The lowest BCUT2D eigenvalue weighted by Gasteiger charge is -2.02. The van der Waals surface area contributed by atoms with Gasteiger partial charge < -0.3 is 16.0 Å². The second-order valence-corrected chi connectivity index (χ2v) is 3.94. The Labute approximate surface area is 98.8 Å². The van der Waals surface area contributed by atoms with Crippen molar-refractivity contribution in [2.45, 2.75) is 13.5 Å². The fourth-order valence-corrected chi connectivity index (χ4v) is 1.64. The van der Waals surface area contributed by atoms with E-state index in [1.165, 1.54) is 0 Å². The maximum atomic E-state index is 11.7. The van der Waals surface area contributed by atoms with Crippen LogP contribution in [-0.2, 0) is 13.6 Å². The first kappa shape index (κ1) is 11.3. The average molecular weight is 233 g/mol. The number of hydrogen-bond donors (Lipinski definition) is 3. The van der Waals surface area contributed by atoms with Crippen LogP contribution in [0.2, 0.25) is 0 Å². The molecule has 90 valence electrons. The van der Waals surface area contributed by atoms with Crippen molar-refractivity contribution in [1.82, 2.24) is 20.1 Å². The fourth-order valence-electron chi connectivity index (χ4n) is 1.64. The van der Waals surface area contributed by atoms with Crippen LogP contribution in [-0.4, -0.2) is 20.7 Å². The highest BCUT2D eigenvalue weighted by molar-refractivity contribution is 5.93. The van der Waals surface area contributed by atoms with Crippen molar-refractivity contribution >= 4 is 11.6 Å². The highest BCUT2D eigenvalue weighted by Gasteiger charge is 2.09. The summed E-state index contributed by atoms with van der Waals surface area (Å²) >= 11 is 0. The first-order valence-corrected chi connectivity index (χ1v) is 5.27. The number of carbonyl (C=O) groups is 1. The van der Waals surface area contributed by atoms with Gasteiger partial charge in [0, 0.05) is 37.2 Å². The van der Waals surface area contributed by atoms with Crippen LogP contribution in [0, 0.1) is 6.92 Å². The molecule has 2 heterocycles. The highest BCUT2D eigenvalue weighted by Crippen LogP contribution is 2.06. The molecule has 2 aromatic rings. The van der Waals surface area contributed by atoms with Gasteiger partial charge in [-0.15, -0.1) is 0 Å². The van der Waals surface area contributed by atoms with Crippen LogP contribution in [0.1, 0.15) is 21.7 Å². The van der Waals surface area contributed by atoms with E-state index in [4.69, 9.17) is 5.73 Å². The molecule has 0 aromatic carbocycles. The average Bonchev–Trinajstić information content (AvgIpc) is 2.82. The summed E-state index contributed by atoms with van der Waals surface area (Å²) in [7, 11) is 1.85. The van der Waals surface area contributed by atoms with Crippen LogP contribution in [0.25, 0.3) is 0 Å². The number of aromatic amines is 1. The zero-order valence-electron chi connectivity index (χ0n) is 9.82. The van der Waals surface area contributed by atoms with Crippen molar-refractivity contribution in [1.29, 1.82) is 0 Å². The first-order valence-electron chi connectivity index (χ1n) is 5.27. The summed E-state index contributed by atoms with van der Waals surface area (Å²) in [6.07, 6.45) is 3.48. The van der Waals surface area contributed by atoms with E-state index in [0.29, 0.717) is 17.9 Å². The minimum atomic E-state index is -0.176. The molecule has 1 amide bonds. The van der Waals surface area contributed by atoms with E-state index in [0.717, 1.165) is 11.3 Å². The number of aromatic nitrogens is 3. The summed E-state index contributed by atoms with van der Waals surface area (Å²) in [5.41, 5.74) is 8.45. The lowest BCUT2D eigenvalue weighted by molar-refractivity contribution is 0.0946. The van der Waals surface area contributed by atoms with Crippen LogP contribution in [0.3, 0.4) is 0 Å². The maximum Gasteiger partial charge on any atom is 0.268 e. The number of rotatable bonds is 3. The fraction of sp³-hybridized carbons (Fsp3) is 0.273. The van der Waals surface area contributed by atoms with Crippen molar-refractivity contribution in [2.24, 2.45) is 7.05 Å². The van der Waals surface area contributed by atoms with Gasteiger partial charge >= 0.3 is 0 Å². The molecular formula is C11H15N5O. The van der Waals surface area contributed by atoms with E-state index < -0.39 is 0 Å². The van der Waals surface area contributed by atoms with E-state index in [1.54, 1.807) is 16.9 Å². The van der Waals surface area contributed by atoms with Crippen LogP contribution in [0.15, 0.2) is 18.5 Å². The second kappa shape index (κ2) is 4.32. The number of carbonyl (C=O) groups excluding carboxylic acids is 1. The van der Waals surface area contributed by atoms with E-state index in [1.807, 2.05) is 20.2 Å². The Morgan fingerprint density at radius 2 is 2.41 bits per heavy atom. The molecule has 0 aliphatic heterocycles. The molecule has 0 fully saturated rings. The molecule has 0 atom stereocenters. The minimum absolute atomic E-state index is 0.176. The second-order valence-electron chi connectivity index (χ2n) is 3.94. The van der Waals surface area contributed by atoms with Crippen molar-refractivity contribution in [3.05, 3.63) is 35.4 Å². The maximum absolute atomic E-state index is 11.7. The van der Waals surface area contributed by atoms with E-state index in [2.05, 4.69) is 15.4 Å². The third kappa shape index (κ3) is 2.47. The molecule has 17 heavy (non-hydrogen) atoms. The minimum Gasteiger partial charge on any atom is -0.397 e. The van der Waals surface area contributed by atoms with Gasteiger partial charge in [-0.1, -0.05) is 0 Å². The van der Waals surface area contributed by atoms with Gasteiger partial charge in [0.15, 0.2) is 0 Å².